The SMILES string of the molecule is Cc1cc(-c2sc(N=C(c3ccccc3)c3ccccc3)nc2C)cc(=O)o1. The van der Waals surface area contributed by atoms with Crippen LogP contribution in [-0.2, 0) is 0 Å². The van der Waals surface area contributed by atoms with Crippen LogP contribution in [0.25, 0.3) is 10.4 Å². The zero-order chi connectivity index (χ0) is 19.5. The van der Waals surface area contributed by atoms with Crippen molar-refractivity contribution in [3.05, 3.63) is 106 Å². The molecular weight excluding hydrogens is 368 g/mol. The fourth-order valence-corrected chi connectivity index (χ4v) is 3.95. The van der Waals surface area contributed by atoms with E-state index < -0.39 is 0 Å². The van der Waals surface area contributed by atoms with Gasteiger partial charge in [-0.25, -0.2) is 14.8 Å². The molecule has 2 aromatic heterocycles. The minimum absolute atomic E-state index is 0.359. The molecule has 2 heterocycles. The van der Waals surface area contributed by atoms with Crippen molar-refractivity contribution >= 4 is 22.2 Å². The summed E-state index contributed by atoms with van der Waals surface area (Å²) in [4.78, 5) is 22.2. The summed E-state index contributed by atoms with van der Waals surface area (Å²) < 4.78 is 5.07. The van der Waals surface area contributed by atoms with Crippen LogP contribution >= 0.6 is 11.3 Å². The molecule has 28 heavy (non-hydrogen) atoms. The minimum Gasteiger partial charge on any atom is -0.428 e. The quantitative estimate of drug-likeness (QED) is 0.432. The number of thiazole rings is 1. The normalized spacial score (nSPS) is 10.6. The third-order valence-corrected chi connectivity index (χ3v) is 5.34. The van der Waals surface area contributed by atoms with Crippen molar-refractivity contribution in [2.75, 3.05) is 0 Å². The Labute approximate surface area is 166 Å². The maximum absolute atomic E-state index is 11.7. The number of hydrogen-bond donors (Lipinski definition) is 0. The van der Waals surface area contributed by atoms with Crippen molar-refractivity contribution in [1.29, 1.82) is 0 Å². The van der Waals surface area contributed by atoms with Gasteiger partial charge < -0.3 is 4.42 Å². The Balaban J connectivity index is 1.83. The first kappa shape index (κ1) is 18.1. The van der Waals surface area contributed by atoms with E-state index in [-0.39, 0.29) is 5.63 Å². The van der Waals surface area contributed by atoms with Crippen LogP contribution in [0.15, 0.2) is 87.0 Å². The molecule has 0 fully saturated rings. The summed E-state index contributed by atoms with van der Waals surface area (Å²) in [5, 5.41) is 0.654. The molecule has 0 atom stereocenters. The highest BCUT2D eigenvalue weighted by atomic mass is 32.1. The summed E-state index contributed by atoms with van der Waals surface area (Å²) in [7, 11) is 0. The number of rotatable bonds is 4. The third-order valence-electron chi connectivity index (χ3n) is 4.24. The Morgan fingerprint density at radius 2 is 1.54 bits per heavy atom. The van der Waals surface area contributed by atoms with E-state index in [1.54, 1.807) is 6.92 Å². The lowest BCUT2D eigenvalue weighted by atomic mass is 10.0. The van der Waals surface area contributed by atoms with Gasteiger partial charge >= 0.3 is 5.63 Å². The first-order valence-electron chi connectivity index (χ1n) is 8.89. The molecule has 0 N–H and O–H groups in total. The molecule has 138 valence electrons. The molecule has 0 spiro atoms. The molecule has 0 saturated heterocycles. The highest BCUT2D eigenvalue weighted by molar-refractivity contribution is 7.18. The molecule has 0 aliphatic heterocycles. The molecule has 0 aliphatic rings. The second-order valence-electron chi connectivity index (χ2n) is 6.38. The molecule has 4 rings (SSSR count). The molecule has 2 aromatic carbocycles. The van der Waals surface area contributed by atoms with Crippen molar-refractivity contribution in [2.24, 2.45) is 4.99 Å². The number of hydrogen-bond acceptors (Lipinski definition) is 5. The molecular formula is C23H18N2O2S. The molecule has 0 saturated carbocycles. The Morgan fingerprint density at radius 1 is 0.929 bits per heavy atom. The fraction of sp³-hybridized carbons (Fsp3) is 0.0870. The monoisotopic (exact) mass is 386 g/mol. The summed E-state index contributed by atoms with van der Waals surface area (Å²) in [5.74, 6) is 0.578. The molecule has 4 aromatic rings. The number of aryl methyl sites for hydroxylation is 2. The molecule has 5 heteroatoms. The van der Waals surface area contributed by atoms with Crippen molar-refractivity contribution in [2.45, 2.75) is 13.8 Å². The van der Waals surface area contributed by atoms with Gasteiger partial charge in [0.15, 0.2) is 0 Å². The lowest BCUT2D eigenvalue weighted by Gasteiger charge is -2.06. The average Bonchev–Trinajstić information content (AvgIpc) is 3.07. The predicted octanol–water partition coefficient (Wildman–Crippen LogP) is 5.55. The standard InChI is InChI=1S/C23H18N2O2S/c1-15-13-19(14-20(26)27-15)22-16(2)24-23(28-22)25-21(17-9-5-3-6-10-17)18-11-7-4-8-12-18/h3-14H,1-2H3. The van der Waals surface area contributed by atoms with Gasteiger partial charge in [0.1, 0.15) is 5.76 Å². The maximum Gasteiger partial charge on any atom is 0.336 e. The second-order valence-corrected chi connectivity index (χ2v) is 7.36. The van der Waals surface area contributed by atoms with Gasteiger partial charge in [-0.1, -0.05) is 72.0 Å². The smallest absolute Gasteiger partial charge is 0.336 e. The summed E-state index contributed by atoms with van der Waals surface area (Å²) in [5.41, 5.74) is 4.21. The van der Waals surface area contributed by atoms with Gasteiger partial charge in [-0.3, -0.25) is 0 Å². The molecule has 4 nitrogen and oxygen atoms in total. The highest BCUT2D eigenvalue weighted by Crippen LogP contribution is 2.34. The zero-order valence-corrected chi connectivity index (χ0v) is 16.4. The second kappa shape index (κ2) is 7.74. The van der Waals surface area contributed by atoms with Crippen LogP contribution in [0.5, 0.6) is 0 Å². The van der Waals surface area contributed by atoms with E-state index in [9.17, 15) is 4.79 Å². The molecule has 0 bridgehead atoms. The van der Waals surface area contributed by atoms with Crippen molar-refractivity contribution in [1.82, 2.24) is 4.98 Å². The van der Waals surface area contributed by atoms with Gasteiger partial charge in [0, 0.05) is 22.8 Å². The molecule has 0 unspecified atom stereocenters. The number of benzene rings is 2. The van der Waals surface area contributed by atoms with Crippen molar-refractivity contribution < 1.29 is 4.42 Å². The van der Waals surface area contributed by atoms with Crippen LogP contribution < -0.4 is 5.63 Å². The van der Waals surface area contributed by atoms with Crippen LogP contribution in [0.4, 0.5) is 5.13 Å². The number of aliphatic imine (C=N–C) groups is 1. The fourth-order valence-electron chi connectivity index (χ4n) is 3.02. The predicted molar refractivity (Wildman–Crippen MR) is 114 cm³/mol. The van der Waals surface area contributed by atoms with Gasteiger partial charge in [0.25, 0.3) is 0 Å². The number of nitrogens with zero attached hydrogens (tertiary/aromatic N) is 2. The summed E-state index contributed by atoms with van der Waals surface area (Å²) in [6, 6.07) is 23.5. The van der Waals surface area contributed by atoms with Gasteiger partial charge in [-0.15, -0.1) is 0 Å². The van der Waals surface area contributed by atoms with Crippen molar-refractivity contribution in [3.8, 4) is 10.4 Å². The van der Waals surface area contributed by atoms with Gasteiger partial charge in [0.2, 0.25) is 5.13 Å². The van der Waals surface area contributed by atoms with Crippen LogP contribution in [0.1, 0.15) is 22.6 Å². The van der Waals surface area contributed by atoms with E-state index in [1.165, 1.54) is 17.4 Å². The molecule has 0 amide bonds. The molecule has 0 aliphatic carbocycles. The zero-order valence-electron chi connectivity index (χ0n) is 15.5. The van der Waals surface area contributed by atoms with Gasteiger partial charge in [-0.05, 0) is 19.9 Å². The van der Waals surface area contributed by atoms with Gasteiger partial charge in [-0.2, -0.15) is 0 Å². The van der Waals surface area contributed by atoms with Crippen LogP contribution in [0.3, 0.4) is 0 Å². The first-order chi connectivity index (χ1) is 13.6. The topological polar surface area (TPSA) is 55.5 Å². The largest absolute Gasteiger partial charge is 0.428 e. The van der Waals surface area contributed by atoms with E-state index in [2.05, 4.69) is 4.98 Å². The van der Waals surface area contributed by atoms with Crippen LogP contribution in [-0.4, -0.2) is 10.7 Å². The van der Waals surface area contributed by atoms with Crippen LogP contribution in [0, 0.1) is 13.8 Å². The van der Waals surface area contributed by atoms with Gasteiger partial charge in [0.05, 0.1) is 16.3 Å². The third kappa shape index (κ3) is 3.85. The Bertz CT molecular complexity index is 1150. The Kier molecular flexibility index (Phi) is 5.00. The van der Waals surface area contributed by atoms with E-state index in [0.717, 1.165) is 33.0 Å². The van der Waals surface area contributed by atoms with E-state index in [1.807, 2.05) is 73.7 Å². The van der Waals surface area contributed by atoms with Crippen molar-refractivity contribution in [3.63, 3.8) is 0 Å². The minimum atomic E-state index is -0.359. The first-order valence-corrected chi connectivity index (χ1v) is 9.71. The van der Waals surface area contributed by atoms with E-state index in [4.69, 9.17) is 9.41 Å². The Hall–Kier alpha value is -3.31. The average molecular weight is 386 g/mol. The lowest BCUT2D eigenvalue weighted by Crippen LogP contribution is -2.02. The summed E-state index contributed by atoms with van der Waals surface area (Å²) >= 11 is 1.47. The van der Waals surface area contributed by atoms with E-state index in [0.29, 0.717) is 10.9 Å². The highest BCUT2D eigenvalue weighted by Gasteiger charge is 2.13. The van der Waals surface area contributed by atoms with E-state index >= 15 is 0 Å². The Morgan fingerprint density at radius 3 is 2.11 bits per heavy atom. The lowest BCUT2D eigenvalue weighted by molar-refractivity contribution is 0.481. The molecule has 0 radical (unpaired) electrons. The van der Waals surface area contributed by atoms with Crippen LogP contribution in [0.2, 0.25) is 0 Å². The summed E-state index contributed by atoms with van der Waals surface area (Å²) in [6.07, 6.45) is 0. The summed E-state index contributed by atoms with van der Waals surface area (Å²) in [6.45, 7) is 3.70. The maximum atomic E-state index is 11.7. The number of aromatic nitrogens is 1.